The maximum absolute atomic E-state index is 12.6. The lowest BCUT2D eigenvalue weighted by molar-refractivity contribution is 0.0710. The van der Waals surface area contributed by atoms with Crippen LogP contribution >= 0.6 is 0 Å². The molecule has 0 radical (unpaired) electrons. The lowest BCUT2D eigenvalue weighted by Crippen LogP contribution is -2.42. The number of piperidine rings is 1. The second kappa shape index (κ2) is 6.61. The van der Waals surface area contributed by atoms with Crippen LogP contribution < -0.4 is 15.2 Å². The van der Waals surface area contributed by atoms with Crippen LogP contribution in [0.1, 0.15) is 30.1 Å². The van der Waals surface area contributed by atoms with Crippen molar-refractivity contribution in [2.24, 2.45) is 5.73 Å². The summed E-state index contributed by atoms with van der Waals surface area (Å²) in [5.74, 6) is 1.10. The molecule has 1 aliphatic heterocycles. The first-order valence-electron chi connectivity index (χ1n) is 7.02. The third-order valence-corrected chi connectivity index (χ3v) is 3.54. The number of amides is 1. The molecule has 1 fully saturated rings. The van der Waals surface area contributed by atoms with Gasteiger partial charge < -0.3 is 20.1 Å². The minimum absolute atomic E-state index is 0.0146. The molecule has 0 saturated carbocycles. The van der Waals surface area contributed by atoms with Crippen LogP contribution in [-0.4, -0.2) is 43.7 Å². The number of nitrogens with two attached hydrogens (primary N) is 1. The Hall–Kier alpha value is -1.75. The van der Waals surface area contributed by atoms with Crippen molar-refractivity contribution in [2.45, 2.75) is 25.8 Å². The van der Waals surface area contributed by atoms with Gasteiger partial charge in [0.2, 0.25) is 0 Å². The molecule has 1 aromatic rings. The zero-order chi connectivity index (χ0) is 14.5. The molecule has 0 aliphatic carbocycles. The van der Waals surface area contributed by atoms with Crippen LogP contribution in [0.15, 0.2) is 18.2 Å². The number of likely N-dealkylation sites (tertiary alicyclic amines) is 1. The molecule has 0 aromatic heterocycles. The lowest BCUT2D eigenvalue weighted by atomic mass is 10.0. The summed E-state index contributed by atoms with van der Waals surface area (Å²) < 4.78 is 10.9. The Morgan fingerprint density at radius 2 is 2.10 bits per heavy atom. The van der Waals surface area contributed by atoms with Crippen molar-refractivity contribution < 1.29 is 14.3 Å². The summed E-state index contributed by atoms with van der Waals surface area (Å²) in [5.41, 5.74) is 6.43. The molecule has 5 nitrogen and oxygen atoms in total. The van der Waals surface area contributed by atoms with Crippen LogP contribution in [0.4, 0.5) is 0 Å². The predicted octanol–water partition coefficient (Wildman–Crippen LogP) is 1.66. The zero-order valence-corrected chi connectivity index (χ0v) is 12.1. The Morgan fingerprint density at radius 3 is 2.70 bits per heavy atom. The second-order valence-electron chi connectivity index (χ2n) is 4.90. The van der Waals surface area contributed by atoms with E-state index in [-0.39, 0.29) is 11.9 Å². The fraction of sp³-hybridized carbons (Fsp3) is 0.533. The summed E-state index contributed by atoms with van der Waals surface area (Å²) in [4.78, 5) is 14.5. The van der Waals surface area contributed by atoms with Gasteiger partial charge in [0.1, 0.15) is 0 Å². The van der Waals surface area contributed by atoms with Gasteiger partial charge in [0.15, 0.2) is 11.5 Å². The van der Waals surface area contributed by atoms with E-state index < -0.39 is 0 Å². The van der Waals surface area contributed by atoms with E-state index in [4.69, 9.17) is 15.2 Å². The van der Waals surface area contributed by atoms with Crippen molar-refractivity contribution in [2.75, 3.05) is 26.8 Å². The Bertz CT molecular complexity index is 468. The second-order valence-corrected chi connectivity index (χ2v) is 4.90. The van der Waals surface area contributed by atoms with E-state index in [0.717, 1.165) is 12.8 Å². The van der Waals surface area contributed by atoms with Crippen molar-refractivity contribution in [1.29, 1.82) is 0 Å². The average Bonchev–Trinajstić information content (AvgIpc) is 2.48. The first kappa shape index (κ1) is 14.7. The normalized spacial score (nSPS) is 16.1. The van der Waals surface area contributed by atoms with Crippen molar-refractivity contribution >= 4 is 5.91 Å². The molecule has 1 amide bonds. The first-order chi connectivity index (χ1) is 9.67. The smallest absolute Gasteiger partial charge is 0.257 e. The summed E-state index contributed by atoms with van der Waals surface area (Å²) in [6, 6.07) is 5.60. The Labute approximate surface area is 119 Å². The highest BCUT2D eigenvalue weighted by Gasteiger charge is 2.25. The summed E-state index contributed by atoms with van der Waals surface area (Å²) in [6.45, 7) is 3.78. The molecule has 1 saturated heterocycles. The standard InChI is InChI=1S/C15H22N2O3/c1-3-20-14-12(5-4-6-13(14)19-2)15(18)17-9-7-11(16)8-10-17/h4-6,11H,3,7-10,16H2,1-2H3. The number of nitrogens with zero attached hydrogens (tertiary/aromatic N) is 1. The maximum Gasteiger partial charge on any atom is 0.257 e. The van der Waals surface area contributed by atoms with E-state index in [1.165, 1.54) is 0 Å². The number of ether oxygens (including phenoxy) is 2. The zero-order valence-electron chi connectivity index (χ0n) is 12.1. The predicted molar refractivity (Wildman–Crippen MR) is 77.3 cm³/mol. The maximum atomic E-state index is 12.6. The van der Waals surface area contributed by atoms with E-state index in [2.05, 4.69) is 0 Å². The number of hydrogen-bond donors (Lipinski definition) is 1. The lowest BCUT2D eigenvalue weighted by Gasteiger charge is -2.30. The monoisotopic (exact) mass is 278 g/mol. The number of carbonyl (C=O) groups is 1. The van der Waals surface area contributed by atoms with Crippen LogP contribution in [0, 0.1) is 0 Å². The molecule has 110 valence electrons. The number of methoxy groups -OCH3 is 1. The molecule has 0 atom stereocenters. The molecule has 1 aliphatic rings. The third-order valence-electron chi connectivity index (χ3n) is 3.54. The molecule has 5 heteroatoms. The largest absolute Gasteiger partial charge is 0.493 e. The SMILES string of the molecule is CCOc1c(OC)cccc1C(=O)N1CCC(N)CC1. The molecule has 0 spiro atoms. The minimum atomic E-state index is -0.0146. The molecule has 1 aromatic carbocycles. The molecule has 0 unspecified atom stereocenters. The highest BCUT2D eigenvalue weighted by molar-refractivity contribution is 5.97. The average molecular weight is 278 g/mol. The van der Waals surface area contributed by atoms with Crippen LogP contribution in [0.2, 0.25) is 0 Å². The van der Waals surface area contributed by atoms with Crippen molar-refractivity contribution in [3.63, 3.8) is 0 Å². The highest BCUT2D eigenvalue weighted by atomic mass is 16.5. The third kappa shape index (κ3) is 3.04. The van der Waals surface area contributed by atoms with Crippen LogP contribution in [0.3, 0.4) is 0 Å². The van der Waals surface area contributed by atoms with Gasteiger partial charge in [0.25, 0.3) is 5.91 Å². The summed E-state index contributed by atoms with van der Waals surface area (Å²) in [6.07, 6.45) is 1.69. The molecule has 2 rings (SSSR count). The molecule has 20 heavy (non-hydrogen) atoms. The molecule has 1 heterocycles. The van der Waals surface area contributed by atoms with Gasteiger partial charge in [0.05, 0.1) is 19.3 Å². The quantitative estimate of drug-likeness (QED) is 0.909. The number of carbonyl (C=O) groups excluding carboxylic acids is 1. The van der Waals surface area contributed by atoms with Crippen LogP contribution in [0.5, 0.6) is 11.5 Å². The van der Waals surface area contributed by atoms with Gasteiger partial charge in [-0.05, 0) is 31.9 Å². The molecular formula is C15H22N2O3. The number of hydrogen-bond acceptors (Lipinski definition) is 4. The van der Waals surface area contributed by atoms with Gasteiger partial charge in [0, 0.05) is 19.1 Å². The summed E-state index contributed by atoms with van der Waals surface area (Å²) >= 11 is 0. The van der Waals surface area contributed by atoms with E-state index in [1.54, 1.807) is 19.2 Å². The molecule has 0 bridgehead atoms. The first-order valence-corrected chi connectivity index (χ1v) is 7.02. The van der Waals surface area contributed by atoms with Gasteiger partial charge in [-0.15, -0.1) is 0 Å². The summed E-state index contributed by atoms with van der Waals surface area (Å²) in [5, 5.41) is 0. The van der Waals surface area contributed by atoms with E-state index in [0.29, 0.717) is 36.8 Å². The Morgan fingerprint density at radius 1 is 1.40 bits per heavy atom. The number of benzene rings is 1. The van der Waals surface area contributed by atoms with Gasteiger partial charge in [-0.3, -0.25) is 4.79 Å². The Balaban J connectivity index is 2.24. The van der Waals surface area contributed by atoms with Crippen LogP contribution in [-0.2, 0) is 0 Å². The van der Waals surface area contributed by atoms with Gasteiger partial charge in [-0.25, -0.2) is 0 Å². The van der Waals surface area contributed by atoms with Crippen molar-refractivity contribution in [1.82, 2.24) is 4.90 Å². The van der Waals surface area contributed by atoms with E-state index in [9.17, 15) is 4.79 Å². The summed E-state index contributed by atoms with van der Waals surface area (Å²) in [7, 11) is 1.58. The van der Waals surface area contributed by atoms with E-state index >= 15 is 0 Å². The van der Waals surface area contributed by atoms with Crippen molar-refractivity contribution in [3.8, 4) is 11.5 Å². The molecule has 2 N–H and O–H groups in total. The minimum Gasteiger partial charge on any atom is -0.493 e. The highest BCUT2D eigenvalue weighted by Crippen LogP contribution is 2.32. The van der Waals surface area contributed by atoms with Gasteiger partial charge in [-0.1, -0.05) is 6.07 Å². The Kier molecular flexibility index (Phi) is 4.84. The van der Waals surface area contributed by atoms with Gasteiger partial charge >= 0.3 is 0 Å². The molecular weight excluding hydrogens is 256 g/mol. The van der Waals surface area contributed by atoms with E-state index in [1.807, 2.05) is 17.9 Å². The topological polar surface area (TPSA) is 64.8 Å². The fourth-order valence-electron chi connectivity index (χ4n) is 2.41. The van der Waals surface area contributed by atoms with Gasteiger partial charge in [-0.2, -0.15) is 0 Å². The van der Waals surface area contributed by atoms with Crippen molar-refractivity contribution in [3.05, 3.63) is 23.8 Å². The number of para-hydroxylation sites is 1. The number of rotatable bonds is 4. The fourth-order valence-corrected chi connectivity index (χ4v) is 2.41. The van der Waals surface area contributed by atoms with Crippen LogP contribution in [0.25, 0.3) is 0 Å².